The van der Waals surface area contributed by atoms with Gasteiger partial charge in [0.15, 0.2) is 0 Å². The molecule has 7 heteroatoms. The van der Waals surface area contributed by atoms with E-state index in [1.165, 1.54) is 26.2 Å². The van der Waals surface area contributed by atoms with Gasteiger partial charge in [-0.2, -0.15) is 0 Å². The molecule has 0 unspecified atom stereocenters. The van der Waals surface area contributed by atoms with Crippen molar-refractivity contribution < 1.29 is 23.1 Å². The maximum absolute atomic E-state index is 12.6. The number of benzene rings is 2. The Bertz CT molecular complexity index is 829. The molecule has 2 atom stereocenters. The zero-order valence-electron chi connectivity index (χ0n) is 14.3. The van der Waals surface area contributed by atoms with Gasteiger partial charge in [0, 0.05) is 0 Å². The largest absolute Gasteiger partial charge is 0.497 e. The molecule has 2 aromatic carbocycles. The number of hydrogen-bond acceptors (Lipinski definition) is 4. The minimum Gasteiger partial charge on any atom is -0.497 e. The van der Waals surface area contributed by atoms with Gasteiger partial charge in [-0.3, -0.25) is 4.79 Å². The van der Waals surface area contributed by atoms with E-state index in [0.717, 1.165) is 5.56 Å². The van der Waals surface area contributed by atoms with Gasteiger partial charge in [0.25, 0.3) is 0 Å². The fourth-order valence-electron chi connectivity index (χ4n) is 2.37. The zero-order valence-corrected chi connectivity index (χ0v) is 15.1. The van der Waals surface area contributed by atoms with Gasteiger partial charge in [0.1, 0.15) is 5.75 Å². The van der Waals surface area contributed by atoms with Crippen molar-refractivity contribution >= 4 is 16.0 Å². The molecule has 0 aliphatic rings. The average molecular weight is 363 g/mol. The summed E-state index contributed by atoms with van der Waals surface area (Å²) in [7, 11) is -2.34. The standard InChI is InChI=1S/C18H21NO5S/c1-12-4-10-16(11-5-12)25(22,23)19-17(13(2)18(20)21)14-6-8-15(24-3)9-7-14/h4-11,13,17,19H,1-3H3,(H,20,21)/t13-,17+/m1/s1. The van der Waals surface area contributed by atoms with Gasteiger partial charge >= 0.3 is 5.97 Å². The Kier molecular flexibility index (Phi) is 5.81. The first-order valence-electron chi connectivity index (χ1n) is 7.70. The van der Waals surface area contributed by atoms with Crippen molar-refractivity contribution in [2.24, 2.45) is 5.92 Å². The smallest absolute Gasteiger partial charge is 0.308 e. The van der Waals surface area contributed by atoms with Crippen LogP contribution in [0.3, 0.4) is 0 Å². The summed E-state index contributed by atoms with van der Waals surface area (Å²) >= 11 is 0. The van der Waals surface area contributed by atoms with E-state index in [-0.39, 0.29) is 4.90 Å². The second-order valence-corrected chi connectivity index (χ2v) is 7.53. The summed E-state index contributed by atoms with van der Waals surface area (Å²) in [6.45, 7) is 3.32. The average Bonchev–Trinajstić information content (AvgIpc) is 2.59. The molecule has 0 aromatic heterocycles. The zero-order chi connectivity index (χ0) is 18.6. The van der Waals surface area contributed by atoms with Crippen molar-refractivity contribution in [3.63, 3.8) is 0 Å². The number of sulfonamides is 1. The molecule has 6 nitrogen and oxygen atoms in total. The number of carbonyl (C=O) groups is 1. The molecule has 0 fully saturated rings. The van der Waals surface area contributed by atoms with Crippen LogP contribution in [-0.4, -0.2) is 26.6 Å². The third-order valence-electron chi connectivity index (χ3n) is 3.98. The topological polar surface area (TPSA) is 92.7 Å². The normalized spacial score (nSPS) is 13.9. The second-order valence-electron chi connectivity index (χ2n) is 5.81. The molecule has 2 aromatic rings. The lowest BCUT2D eigenvalue weighted by Crippen LogP contribution is -2.35. The third kappa shape index (κ3) is 4.58. The molecule has 0 aliphatic heterocycles. The number of nitrogens with one attached hydrogen (secondary N) is 1. The second kappa shape index (κ2) is 7.67. The predicted octanol–water partition coefficient (Wildman–Crippen LogP) is 2.74. The predicted molar refractivity (Wildman–Crippen MR) is 94.0 cm³/mol. The van der Waals surface area contributed by atoms with E-state index in [2.05, 4.69) is 4.72 Å². The molecule has 2 rings (SSSR count). The maximum atomic E-state index is 12.6. The van der Waals surface area contributed by atoms with Crippen molar-refractivity contribution in [1.29, 1.82) is 0 Å². The number of carboxylic acids is 1. The summed E-state index contributed by atoms with van der Waals surface area (Å²) in [5.74, 6) is -1.44. The highest BCUT2D eigenvalue weighted by atomic mass is 32.2. The van der Waals surface area contributed by atoms with Crippen LogP contribution in [0.25, 0.3) is 0 Å². The van der Waals surface area contributed by atoms with Crippen molar-refractivity contribution in [3.05, 3.63) is 59.7 Å². The summed E-state index contributed by atoms with van der Waals surface area (Å²) in [5.41, 5.74) is 1.48. The van der Waals surface area contributed by atoms with Crippen LogP contribution in [0.4, 0.5) is 0 Å². The lowest BCUT2D eigenvalue weighted by molar-refractivity contribution is -0.142. The van der Waals surface area contributed by atoms with Gasteiger partial charge in [-0.25, -0.2) is 13.1 Å². The molecule has 0 amide bonds. The van der Waals surface area contributed by atoms with Gasteiger partial charge in [0.05, 0.1) is 24.0 Å². The summed E-state index contributed by atoms with van der Waals surface area (Å²) < 4.78 is 32.9. The SMILES string of the molecule is COc1ccc([C@@H](NS(=O)(=O)c2ccc(C)cc2)[C@@H](C)C(=O)O)cc1. The van der Waals surface area contributed by atoms with E-state index >= 15 is 0 Å². The van der Waals surface area contributed by atoms with E-state index in [1.807, 2.05) is 6.92 Å². The first-order valence-corrected chi connectivity index (χ1v) is 9.18. The first-order chi connectivity index (χ1) is 11.7. The van der Waals surface area contributed by atoms with Crippen LogP contribution in [0.5, 0.6) is 5.75 Å². The monoisotopic (exact) mass is 363 g/mol. The molecule has 0 bridgehead atoms. The summed E-state index contributed by atoms with van der Waals surface area (Å²) in [6.07, 6.45) is 0. The number of rotatable bonds is 7. The Morgan fingerprint density at radius 2 is 1.64 bits per heavy atom. The van der Waals surface area contributed by atoms with Crippen LogP contribution in [0.2, 0.25) is 0 Å². The first kappa shape index (κ1) is 19.0. The minimum atomic E-state index is -3.86. The van der Waals surface area contributed by atoms with Crippen LogP contribution < -0.4 is 9.46 Å². The van der Waals surface area contributed by atoms with Crippen LogP contribution >= 0.6 is 0 Å². The highest BCUT2D eigenvalue weighted by molar-refractivity contribution is 7.89. The van der Waals surface area contributed by atoms with Crippen molar-refractivity contribution in [3.8, 4) is 5.75 Å². The Morgan fingerprint density at radius 1 is 1.08 bits per heavy atom. The fourth-order valence-corrected chi connectivity index (χ4v) is 3.67. The van der Waals surface area contributed by atoms with Crippen LogP contribution in [0, 0.1) is 12.8 Å². The van der Waals surface area contributed by atoms with Gasteiger partial charge in [-0.05, 0) is 36.8 Å². The van der Waals surface area contributed by atoms with Crippen molar-refractivity contribution in [2.45, 2.75) is 24.8 Å². The van der Waals surface area contributed by atoms with Gasteiger partial charge in [0.2, 0.25) is 10.0 Å². The molecule has 134 valence electrons. The minimum absolute atomic E-state index is 0.0919. The van der Waals surface area contributed by atoms with Gasteiger partial charge < -0.3 is 9.84 Å². The molecule has 0 saturated heterocycles. The molecule has 0 saturated carbocycles. The number of aryl methyl sites for hydroxylation is 1. The Morgan fingerprint density at radius 3 is 2.12 bits per heavy atom. The summed E-state index contributed by atoms with van der Waals surface area (Å²) in [4.78, 5) is 11.5. The fraction of sp³-hybridized carbons (Fsp3) is 0.278. The quantitative estimate of drug-likeness (QED) is 0.789. The van der Waals surface area contributed by atoms with Gasteiger partial charge in [-0.1, -0.05) is 36.8 Å². The maximum Gasteiger partial charge on any atom is 0.308 e. The third-order valence-corrected chi connectivity index (χ3v) is 5.43. The van der Waals surface area contributed by atoms with E-state index in [0.29, 0.717) is 11.3 Å². The highest BCUT2D eigenvalue weighted by Gasteiger charge is 2.30. The number of methoxy groups -OCH3 is 1. The lowest BCUT2D eigenvalue weighted by Gasteiger charge is -2.23. The van der Waals surface area contributed by atoms with E-state index in [1.54, 1.807) is 36.4 Å². The number of aliphatic carboxylic acids is 1. The summed E-state index contributed by atoms with van der Waals surface area (Å²) in [6, 6.07) is 12.1. The van der Waals surface area contributed by atoms with Crippen LogP contribution in [0.15, 0.2) is 53.4 Å². The molecular formula is C18H21NO5S. The molecule has 0 heterocycles. The van der Waals surface area contributed by atoms with Crippen LogP contribution in [-0.2, 0) is 14.8 Å². The number of carboxylic acid groups (broad SMARTS) is 1. The molecule has 0 spiro atoms. The van der Waals surface area contributed by atoms with E-state index in [4.69, 9.17) is 4.74 Å². The summed E-state index contributed by atoms with van der Waals surface area (Å²) in [5, 5.41) is 9.36. The van der Waals surface area contributed by atoms with Crippen molar-refractivity contribution in [1.82, 2.24) is 4.72 Å². The van der Waals surface area contributed by atoms with Crippen LogP contribution in [0.1, 0.15) is 24.1 Å². The molecule has 25 heavy (non-hydrogen) atoms. The molecule has 0 aliphatic carbocycles. The van der Waals surface area contributed by atoms with E-state index < -0.39 is 28.0 Å². The Labute approximate surface area is 147 Å². The highest BCUT2D eigenvalue weighted by Crippen LogP contribution is 2.26. The lowest BCUT2D eigenvalue weighted by atomic mass is 9.95. The molecule has 2 N–H and O–H groups in total. The van der Waals surface area contributed by atoms with E-state index in [9.17, 15) is 18.3 Å². The Balaban J connectivity index is 2.38. The Hall–Kier alpha value is -2.38. The number of hydrogen-bond donors (Lipinski definition) is 2. The molecular weight excluding hydrogens is 342 g/mol. The van der Waals surface area contributed by atoms with Gasteiger partial charge in [-0.15, -0.1) is 0 Å². The molecule has 0 radical (unpaired) electrons. The number of ether oxygens (including phenoxy) is 1. The van der Waals surface area contributed by atoms with Crippen molar-refractivity contribution in [2.75, 3.05) is 7.11 Å².